The molecule has 0 unspecified atom stereocenters. The second-order valence-corrected chi connectivity index (χ2v) is 11.5. The molecule has 38 heavy (non-hydrogen) atoms. The molecule has 2 aromatic rings. The van der Waals surface area contributed by atoms with Crippen molar-refractivity contribution in [2.24, 2.45) is 17.8 Å². The molecule has 2 amide bonds. The van der Waals surface area contributed by atoms with Crippen LogP contribution in [0.2, 0.25) is 0 Å². The number of aliphatic hydroxyl groups is 2. The van der Waals surface area contributed by atoms with Crippen molar-refractivity contribution in [2.45, 2.75) is 71.4 Å². The summed E-state index contributed by atoms with van der Waals surface area (Å²) in [7, 11) is 0. The Morgan fingerprint density at radius 1 is 1.13 bits per heavy atom. The van der Waals surface area contributed by atoms with Crippen LogP contribution in [-0.4, -0.2) is 44.7 Å². The highest BCUT2D eigenvalue weighted by Gasteiger charge is 2.54. The molecule has 0 bridgehead atoms. The first-order valence-electron chi connectivity index (χ1n) is 13.7. The van der Waals surface area contributed by atoms with E-state index in [1.165, 1.54) is 21.8 Å². The topological polar surface area (TPSA) is 98.1 Å². The van der Waals surface area contributed by atoms with Gasteiger partial charge in [0.25, 0.3) is 0 Å². The first kappa shape index (κ1) is 28.3. The number of aliphatic hydroxyl groups excluding tert-OH is 2. The van der Waals surface area contributed by atoms with Crippen molar-refractivity contribution < 1.29 is 24.9 Å². The summed E-state index contributed by atoms with van der Waals surface area (Å²) in [4.78, 5) is 29.2. The summed E-state index contributed by atoms with van der Waals surface area (Å²) in [5.74, 6) is -1.83. The van der Waals surface area contributed by atoms with Crippen molar-refractivity contribution in [1.29, 1.82) is 0 Å². The third-order valence-electron chi connectivity index (χ3n) is 7.83. The molecule has 2 heterocycles. The lowest BCUT2D eigenvalue weighted by atomic mass is 9.67. The quantitative estimate of drug-likeness (QED) is 0.239. The van der Waals surface area contributed by atoms with Gasteiger partial charge < -0.3 is 15.3 Å². The molecule has 1 fully saturated rings. The fraction of sp³-hybridized carbons (Fsp3) is 0.484. The molecule has 2 aliphatic rings. The van der Waals surface area contributed by atoms with E-state index in [0.29, 0.717) is 19.3 Å². The maximum atomic E-state index is 13.5. The third-order valence-corrected chi connectivity index (χ3v) is 8.69. The van der Waals surface area contributed by atoms with Gasteiger partial charge in [0.15, 0.2) is 0 Å². The molecule has 1 aliphatic carbocycles. The second-order valence-electron chi connectivity index (χ2n) is 10.5. The van der Waals surface area contributed by atoms with Crippen LogP contribution in [0.5, 0.6) is 5.75 Å². The van der Waals surface area contributed by atoms with Crippen molar-refractivity contribution in [3.8, 4) is 5.75 Å². The summed E-state index contributed by atoms with van der Waals surface area (Å²) in [6.45, 7) is 4.18. The highest BCUT2D eigenvalue weighted by atomic mass is 32.1. The monoisotopic (exact) mass is 537 g/mol. The average Bonchev–Trinajstić information content (AvgIpc) is 3.49. The zero-order valence-corrected chi connectivity index (χ0v) is 23.1. The molecule has 0 saturated carbocycles. The van der Waals surface area contributed by atoms with Gasteiger partial charge in [-0.1, -0.05) is 62.1 Å². The lowest BCUT2D eigenvalue weighted by Crippen LogP contribution is -2.39. The number of fused-ring (bicyclic) bond motifs is 1. The first-order valence-corrected chi connectivity index (χ1v) is 14.6. The van der Waals surface area contributed by atoms with Gasteiger partial charge in [0.1, 0.15) is 5.75 Å². The summed E-state index contributed by atoms with van der Waals surface area (Å²) in [6.07, 6.45) is 6.31. The van der Waals surface area contributed by atoms with E-state index < -0.39 is 23.9 Å². The van der Waals surface area contributed by atoms with Crippen LogP contribution >= 0.6 is 11.3 Å². The van der Waals surface area contributed by atoms with Gasteiger partial charge >= 0.3 is 0 Å². The number of imide groups is 1. The van der Waals surface area contributed by atoms with Crippen LogP contribution in [0.3, 0.4) is 0 Å². The molecule has 6 nitrogen and oxygen atoms in total. The number of phenols is 1. The lowest BCUT2D eigenvalue weighted by molar-refractivity contribution is -0.140. The number of thiophene rings is 1. The molecule has 3 N–H and O–H groups in total. The number of likely N-dealkylation sites (tertiary alicyclic amines) is 1. The average molecular weight is 538 g/mol. The fourth-order valence-electron chi connectivity index (χ4n) is 6.20. The van der Waals surface area contributed by atoms with Gasteiger partial charge in [0.05, 0.1) is 31.1 Å². The zero-order chi connectivity index (χ0) is 27.2. The Kier molecular flexibility index (Phi) is 9.58. The number of rotatable bonds is 12. The van der Waals surface area contributed by atoms with Crippen LogP contribution in [0, 0.1) is 17.8 Å². The third kappa shape index (κ3) is 6.11. The van der Waals surface area contributed by atoms with Crippen LogP contribution in [0.25, 0.3) is 6.08 Å². The molecule has 1 aliphatic heterocycles. The second kappa shape index (κ2) is 12.9. The summed E-state index contributed by atoms with van der Waals surface area (Å²) in [5.41, 5.74) is 3.89. The summed E-state index contributed by atoms with van der Waals surface area (Å²) >= 11 is 1.52. The van der Waals surface area contributed by atoms with Crippen molar-refractivity contribution in [3.63, 3.8) is 0 Å². The number of carbonyl (C=O) groups excluding carboxylic acids is 2. The Labute approximate surface area is 229 Å². The highest BCUT2D eigenvalue weighted by Crippen LogP contribution is 2.47. The van der Waals surface area contributed by atoms with E-state index in [1.807, 2.05) is 29.6 Å². The number of amides is 2. The number of carbonyl (C=O) groups is 2. The largest absolute Gasteiger partial charge is 0.508 e. The molecule has 4 atom stereocenters. The van der Waals surface area contributed by atoms with Crippen molar-refractivity contribution in [3.05, 3.63) is 68.9 Å². The minimum Gasteiger partial charge on any atom is -0.508 e. The molecule has 204 valence electrons. The smallest absolute Gasteiger partial charge is 0.234 e. The maximum absolute atomic E-state index is 13.5. The number of nitrogens with zero attached hydrogens (tertiary/aromatic N) is 1. The van der Waals surface area contributed by atoms with Crippen molar-refractivity contribution >= 4 is 29.2 Å². The van der Waals surface area contributed by atoms with Gasteiger partial charge in [-0.2, -0.15) is 0 Å². The Balaban J connectivity index is 1.57. The molecule has 1 saturated heterocycles. The minimum atomic E-state index is -0.798. The number of phenolic OH excluding ortho intramolecular Hbond substituents is 1. The van der Waals surface area contributed by atoms with Gasteiger partial charge in [0.2, 0.25) is 11.8 Å². The highest BCUT2D eigenvalue weighted by molar-refractivity contribution is 7.09. The van der Waals surface area contributed by atoms with Gasteiger partial charge in [-0.3, -0.25) is 14.5 Å². The van der Waals surface area contributed by atoms with E-state index in [0.717, 1.165) is 47.3 Å². The zero-order valence-electron chi connectivity index (χ0n) is 22.3. The first-order chi connectivity index (χ1) is 18.4. The summed E-state index contributed by atoms with van der Waals surface area (Å²) in [5, 5.41) is 33.8. The predicted octanol–water partition coefficient (Wildman–Crippen LogP) is 5.69. The van der Waals surface area contributed by atoms with Crippen molar-refractivity contribution in [1.82, 2.24) is 4.90 Å². The number of hydrogen-bond acceptors (Lipinski definition) is 6. The normalized spacial score (nSPS) is 22.8. The lowest BCUT2D eigenvalue weighted by Gasteiger charge is -2.36. The number of allylic oxidation sites excluding steroid dienone is 2. The van der Waals surface area contributed by atoms with E-state index in [-0.39, 0.29) is 30.7 Å². The fourth-order valence-corrected chi connectivity index (χ4v) is 6.89. The maximum Gasteiger partial charge on any atom is 0.234 e. The predicted molar refractivity (Wildman–Crippen MR) is 150 cm³/mol. The molecule has 4 rings (SSSR count). The molecule has 7 heteroatoms. The Morgan fingerprint density at radius 3 is 2.61 bits per heavy atom. The molecular formula is C31H39NO5S. The molecule has 1 aromatic heterocycles. The number of aromatic hydroxyl groups is 1. The number of benzene rings is 1. The molecule has 0 spiro atoms. The van der Waals surface area contributed by atoms with Gasteiger partial charge in [-0.05, 0) is 66.8 Å². The number of hydrogen-bond donors (Lipinski definition) is 3. The van der Waals surface area contributed by atoms with E-state index in [2.05, 4.69) is 19.9 Å². The minimum absolute atomic E-state index is 0.159. The van der Waals surface area contributed by atoms with Crippen LogP contribution in [0.1, 0.15) is 69.2 Å². The SMILES string of the molecule is CCCC1=C([C@H](O)CC/C(=C/c2cccc(O)c2)CCC)[C@H](CO)[C@@H]2C(=O)N(Cc3cccs3)C(=O)[C@@H]2C1. The van der Waals surface area contributed by atoms with Crippen LogP contribution in [0.15, 0.2) is 58.5 Å². The van der Waals surface area contributed by atoms with Crippen LogP contribution in [0.4, 0.5) is 0 Å². The van der Waals surface area contributed by atoms with Gasteiger partial charge in [0, 0.05) is 10.8 Å². The standard InChI is InChI=1S/C31H39NO5S/c1-3-7-20(15-21-9-5-10-23(34)16-21)12-13-27(35)28-22(8-4-2)17-25-29(26(28)19-33)31(37)32(30(25)36)18-24-11-6-14-38-24/h5-6,9-11,14-16,25-27,29,33-35H,3-4,7-8,12-13,17-19H2,1-2H3/b20-15+/t25-,26+,27-,29-/m1/s1. The van der Waals surface area contributed by atoms with Crippen LogP contribution in [-0.2, 0) is 16.1 Å². The Bertz CT molecular complexity index is 1180. The summed E-state index contributed by atoms with van der Waals surface area (Å²) < 4.78 is 0. The molecular weight excluding hydrogens is 498 g/mol. The summed E-state index contributed by atoms with van der Waals surface area (Å²) in [6, 6.07) is 11.0. The van der Waals surface area contributed by atoms with E-state index in [9.17, 15) is 24.9 Å². The van der Waals surface area contributed by atoms with E-state index in [4.69, 9.17) is 0 Å². The molecule has 0 radical (unpaired) electrons. The van der Waals surface area contributed by atoms with Crippen LogP contribution < -0.4 is 0 Å². The van der Waals surface area contributed by atoms with Gasteiger partial charge in [-0.15, -0.1) is 11.3 Å². The van der Waals surface area contributed by atoms with E-state index >= 15 is 0 Å². The van der Waals surface area contributed by atoms with Crippen molar-refractivity contribution in [2.75, 3.05) is 6.61 Å². The Hall–Kier alpha value is -2.74. The Morgan fingerprint density at radius 2 is 1.95 bits per heavy atom. The van der Waals surface area contributed by atoms with E-state index in [1.54, 1.807) is 12.1 Å². The molecule has 1 aromatic carbocycles. The van der Waals surface area contributed by atoms with Gasteiger partial charge in [-0.25, -0.2) is 0 Å².